The maximum absolute atomic E-state index is 11.6. The summed E-state index contributed by atoms with van der Waals surface area (Å²) in [7, 11) is 2.84. The van der Waals surface area contributed by atoms with Crippen molar-refractivity contribution in [3.63, 3.8) is 0 Å². The molecule has 1 N–H and O–H groups in total. The van der Waals surface area contributed by atoms with Crippen molar-refractivity contribution in [3.05, 3.63) is 23.8 Å². The second-order valence-corrected chi connectivity index (χ2v) is 4.00. The minimum absolute atomic E-state index is 0.0984. The number of esters is 1. The van der Waals surface area contributed by atoms with Gasteiger partial charge in [0.25, 0.3) is 0 Å². The summed E-state index contributed by atoms with van der Waals surface area (Å²) in [5.74, 6) is 0.216. The highest BCUT2D eigenvalue weighted by Gasteiger charge is 2.33. The van der Waals surface area contributed by atoms with E-state index in [1.807, 2.05) is 0 Å². The molecule has 0 saturated heterocycles. The fourth-order valence-corrected chi connectivity index (χ4v) is 1.56. The monoisotopic (exact) mass is 224 g/mol. The standard InChI is InChI=1S/C12H16O4/c1-12(2,11(14)16-4)9-6-5-8(13)7-10(9)15-3/h5-7,13H,1-4H3. The predicted octanol–water partition coefficient (Wildman–Crippen LogP) is 1.85. The van der Waals surface area contributed by atoms with E-state index in [1.54, 1.807) is 19.9 Å². The molecule has 0 unspecified atom stereocenters. The van der Waals surface area contributed by atoms with Crippen LogP contribution in [0, 0.1) is 0 Å². The SMILES string of the molecule is COC(=O)C(C)(C)c1ccc(O)cc1OC. The van der Waals surface area contributed by atoms with Crippen molar-refractivity contribution in [2.45, 2.75) is 19.3 Å². The van der Waals surface area contributed by atoms with E-state index < -0.39 is 5.41 Å². The zero-order chi connectivity index (χ0) is 12.3. The van der Waals surface area contributed by atoms with Crippen LogP contribution in [-0.2, 0) is 14.9 Å². The molecule has 4 nitrogen and oxygen atoms in total. The number of carbonyl (C=O) groups excluding carboxylic acids is 1. The van der Waals surface area contributed by atoms with Crippen LogP contribution >= 0.6 is 0 Å². The lowest BCUT2D eigenvalue weighted by Gasteiger charge is -2.24. The van der Waals surface area contributed by atoms with Crippen molar-refractivity contribution in [1.82, 2.24) is 0 Å². The third-order valence-electron chi connectivity index (χ3n) is 2.55. The van der Waals surface area contributed by atoms with E-state index in [9.17, 15) is 9.90 Å². The quantitative estimate of drug-likeness (QED) is 0.796. The number of hydrogen-bond acceptors (Lipinski definition) is 4. The molecule has 0 radical (unpaired) electrons. The maximum atomic E-state index is 11.6. The van der Waals surface area contributed by atoms with Crippen molar-refractivity contribution in [2.24, 2.45) is 0 Å². The molecule has 0 aliphatic carbocycles. The van der Waals surface area contributed by atoms with Gasteiger partial charge in [0.1, 0.15) is 11.5 Å². The first-order valence-electron chi connectivity index (χ1n) is 4.89. The molecule has 0 aromatic heterocycles. The van der Waals surface area contributed by atoms with E-state index in [2.05, 4.69) is 0 Å². The number of hydrogen-bond donors (Lipinski definition) is 1. The Bertz CT molecular complexity index is 396. The molecule has 0 bridgehead atoms. The molecular formula is C12H16O4. The van der Waals surface area contributed by atoms with Crippen LogP contribution in [0.5, 0.6) is 11.5 Å². The highest BCUT2D eigenvalue weighted by Crippen LogP contribution is 2.34. The second-order valence-electron chi connectivity index (χ2n) is 4.00. The molecule has 1 aromatic rings. The summed E-state index contributed by atoms with van der Waals surface area (Å²) in [6, 6.07) is 4.65. The number of phenolic OH excluding ortho intramolecular Hbond substituents is 1. The van der Waals surface area contributed by atoms with E-state index in [0.717, 1.165) is 0 Å². The van der Waals surface area contributed by atoms with Gasteiger partial charge in [-0.15, -0.1) is 0 Å². The van der Waals surface area contributed by atoms with Gasteiger partial charge in [-0.2, -0.15) is 0 Å². The lowest BCUT2D eigenvalue weighted by molar-refractivity contribution is -0.146. The van der Waals surface area contributed by atoms with Crippen LogP contribution in [0.25, 0.3) is 0 Å². The maximum Gasteiger partial charge on any atom is 0.315 e. The molecule has 0 saturated carbocycles. The number of benzene rings is 1. The summed E-state index contributed by atoms with van der Waals surface area (Å²) >= 11 is 0. The molecule has 0 atom stereocenters. The molecule has 0 aliphatic heterocycles. The van der Waals surface area contributed by atoms with Gasteiger partial charge in [-0.05, 0) is 19.9 Å². The first kappa shape index (κ1) is 12.4. The van der Waals surface area contributed by atoms with Gasteiger partial charge in [-0.25, -0.2) is 0 Å². The largest absolute Gasteiger partial charge is 0.508 e. The van der Waals surface area contributed by atoms with Gasteiger partial charge in [-0.1, -0.05) is 6.07 Å². The van der Waals surface area contributed by atoms with Crippen molar-refractivity contribution < 1.29 is 19.4 Å². The third-order valence-corrected chi connectivity index (χ3v) is 2.55. The molecule has 1 rings (SSSR count). The number of ether oxygens (including phenoxy) is 2. The summed E-state index contributed by atoms with van der Waals surface area (Å²) in [4.78, 5) is 11.6. The molecule has 0 fully saturated rings. The van der Waals surface area contributed by atoms with Gasteiger partial charge < -0.3 is 14.6 Å². The fraction of sp³-hybridized carbons (Fsp3) is 0.417. The van der Waals surface area contributed by atoms with Gasteiger partial charge >= 0.3 is 5.97 Å². The predicted molar refractivity (Wildman–Crippen MR) is 59.7 cm³/mol. The van der Waals surface area contributed by atoms with Gasteiger partial charge in [-0.3, -0.25) is 4.79 Å². The molecule has 16 heavy (non-hydrogen) atoms. The molecule has 88 valence electrons. The van der Waals surface area contributed by atoms with Crippen LogP contribution in [-0.4, -0.2) is 25.3 Å². The van der Waals surface area contributed by atoms with Crippen LogP contribution in [0.2, 0.25) is 0 Å². The van der Waals surface area contributed by atoms with Gasteiger partial charge in [0.15, 0.2) is 0 Å². The zero-order valence-electron chi connectivity index (χ0n) is 9.90. The summed E-state index contributed by atoms with van der Waals surface area (Å²) in [5, 5.41) is 9.33. The molecule has 0 aliphatic rings. The average molecular weight is 224 g/mol. The van der Waals surface area contributed by atoms with Crippen LogP contribution < -0.4 is 4.74 Å². The van der Waals surface area contributed by atoms with E-state index in [-0.39, 0.29) is 11.7 Å². The number of rotatable bonds is 3. The molecule has 0 spiro atoms. The average Bonchev–Trinajstić information content (AvgIpc) is 2.27. The topological polar surface area (TPSA) is 55.8 Å². The highest BCUT2D eigenvalue weighted by atomic mass is 16.5. The van der Waals surface area contributed by atoms with Gasteiger partial charge in [0.2, 0.25) is 0 Å². The highest BCUT2D eigenvalue weighted by molar-refractivity contribution is 5.83. The molecular weight excluding hydrogens is 208 g/mol. The Morgan fingerprint density at radius 2 is 1.94 bits per heavy atom. The number of phenols is 1. The zero-order valence-corrected chi connectivity index (χ0v) is 9.90. The normalized spacial score (nSPS) is 11.0. The Balaban J connectivity index is 3.26. The third kappa shape index (κ3) is 2.10. The summed E-state index contributed by atoms with van der Waals surface area (Å²) in [5.41, 5.74) is -0.131. The summed E-state index contributed by atoms with van der Waals surface area (Å²) in [6.07, 6.45) is 0. The summed E-state index contributed by atoms with van der Waals surface area (Å²) in [6.45, 7) is 3.49. The first-order valence-corrected chi connectivity index (χ1v) is 4.89. The minimum Gasteiger partial charge on any atom is -0.508 e. The van der Waals surface area contributed by atoms with Crippen LogP contribution in [0.1, 0.15) is 19.4 Å². The molecule has 0 heterocycles. The van der Waals surface area contributed by atoms with Gasteiger partial charge in [0, 0.05) is 11.6 Å². The van der Waals surface area contributed by atoms with Crippen molar-refractivity contribution in [2.75, 3.05) is 14.2 Å². The molecule has 1 aromatic carbocycles. The smallest absolute Gasteiger partial charge is 0.315 e. The van der Waals surface area contributed by atoms with Gasteiger partial charge in [0.05, 0.1) is 19.6 Å². The van der Waals surface area contributed by atoms with Crippen LogP contribution in [0.4, 0.5) is 0 Å². The first-order chi connectivity index (χ1) is 7.43. The molecule has 4 heteroatoms. The lowest BCUT2D eigenvalue weighted by Crippen LogP contribution is -2.30. The number of aromatic hydroxyl groups is 1. The Morgan fingerprint density at radius 3 is 2.44 bits per heavy atom. The number of methoxy groups -OCH3 is 2. The Kier molecular flexibility index (Phi) is 3.42. The molecule has 0 amide bonds. The minimum atomic E-state index is -0.812. The van der Waals surface area contributed by atoms with E-state index in [0.29, 0.717) is 11.3 Å². The van der Waals surface area contributed by atoms with Crippen molar-refractivity contribution in [3.8, 4) is 11.5 Å². The Hall–Kier alpha value is -1.71. The van der Waals surface area contributed by atoms with Crippen LogP contribution in [0.15, 0.2) is 18.2 Å². The van der Waals surface area contributed by atoms with E-state index in [4.69, 9.17) is 9.47 Å². The van der Waals surface area contributed by atoms with E-state index in [1.165, 1.54) is 26.4 Å². The van der Waals surface area contributed by atoms with Crippen molar-refractivity contribution in [1.29, 1.82) is 0 Å². The van der Waals surface area contributed by atoms with Crippen LogP contribution in [0.3, 0.4) is 0 Å². The van der Waals surface area contributed by atoms with E-state index >= 15 is 0 Å². The lowest BCUT2D eigenvalue weighted by atomic mass is 9.84. The Labute approximate surface area is 94.8 Å². The van der Waals surface area contributed by atoms with Crippen molar-refractivity contribution >= 4 is 5.97 Å². The summed E-state index contributed by atoms with van der Waals surface area (Å²) < 4.78 is 9.88. The number of carbonyl (C=O) groups is 1. The Morgan fingerprint density at radius 1 is 1.31 bits per heavy atom. The fourth-order valence-electron chi connectivity index (χ4n) is 1.56. The second kappa shape index (κ2) is 4.43.